The molecular formula is C16H14N4O3. The van der Waals surface area contributed by atoms with Gasteiger partial charge in [0.05, 0.1) is 0 Å². The maximum Gasteiger partial charge on any atom is 0.149 e. The van der Waals surface area contributed by atoms with Crippen LogP contribution in [0.2, 0.25) is 0 Å². The molecule has 0 unspecified atom stereocenters. The molecule has 0 aliphatic heterocycles. The number of nitrogens with one attached hydrogen (secondary N) is 4. The van der Waals surface area contributed by atoms with Crippen molar-refractivity contribution in [1.29, 1.82) is 10.8 Å². The topological polar surface area (TPSA) is 125 Å². The maximum atomic E-state index is 8.83. The summed E-state index contributed by atoms with van der Waals surface area (Å²) in [6.45, 7) is 0. The summed E-state index contributed by atoms with van der Waals surface area (Å²) in [5.74, 6) is 0.384. The molecule has 0 aliphatic rings. The number of rotatable bonds is 3. The van der Waals surface area contributed by atoms with E-state index in [-0.39, 0.29) is 11.7 Å². The molecule has 6 N–H and O–H groups in total. The monoisotopic (exact) mass is 310 g/mol. The predicted molar refractivity (Wildman–Crippen MR) is 85.2 cm³/mol. The largest absolute Gasteiger partial charge is 0.456 e. The van der Waals surface area contributed by atoms with Gasteiger partial charge in [0, 0.05) is 22.1 Å². The second-order valence-corrected chi connectivity index (χ2v) is 4.92. The van der Waals surface area contributed by atoms with E-state index in [1.807, 2.05) is 17.6 Å². The Labute approximate surface area is 131 Å². The molecule has 7 nitrogen and oxygen atoms in total. The summed E-state index contributed by atoms with van der Waals surface area (Å²) < 4.78 is 5.80. The summed E-state index contributed by atoms with van der Waals surface area (Å²) in [5, 5.41) is 33.6. The van der Waals surface area contributed by atoms with Gasteiger partial charge < -0.3 is 4.42 Å². The molecule has 0 bridgehead atoms. The van der Waals surface area contributed by atoms with Crippen LogP contribution >= 0.6 is 0 Å². The van der Waals surface area contributed by atoms with Crippen molar-refractivity contribution in [2.45, 2.75) is 0 Å². The zero-order chi connectivity index (χ0) is 16.4. The molecule has 23 heavy (non-hydrogen) atoms. The molecule has 0 fully saturated rings. The molecule has 116 valence electrons. The Morgan fingerprint density at radius 1 is 0.870 bits per heavy atom. The Hall–Kier alpha value is -3.16. The van der Waals surface area contributed by atoms with E-state index in [1.54, 1.807) is 41.9 Å². The Kier molecular flexibility index (Phi) is 3.80. The minimum atomic E-state index is -0.116. The van der Waals surface area contributed by atoms with Crippen LogP contribution in [-0.2, 0) is 0 Å². The fourth-order valence-electron chi connectivity index (χ4n) is 2.29. The third-order valence-electron chi connectivity index (χ3n) is 3.47. The van der Waals surface area contributed by atoms with Gasteiger partial charge in [-0.25, -0.2) is 0 Å². The second kappa shape index (κ2) is 5.91. The Morgan fingerprint density at radius 2 is 1.57 bits per heavy atom. The predicted octanol–water partition coefficient (Wildman–Crippen LogP) is 2.71. The van der Waals surface area contributed by atoms with Crippen molar-refractivity contribution < 1.29 is 14.8 Å². The van der Waals surface area contributed by atoms with Crippen LogP contribution in [-0.4, -0.2) is 22.1 Å². The van der Waals surface area contributed by atoms with E-state index in [9.17, 15) is 0 Å². The van der Waals surface area contributed by atoms with Gasteiger partial charge in [-0.2, -0.15) is 0 Å². The van der Waals surface area contributed by atoms with E-state index in [2.05, 4.69) is 0 Å². The van der Waals surface area contributed by atoms with Gasteiger partial charge in [-0.15, -0.1) is 0 Å². The van der Waals surface area contributed by atoms with Gasteiger partial charge in [-0.1, -0.05) is 30.3 Å². The van der Waals surface area contributed by atoms with E-state index >= 15 is 0 Å². The van der Waals surface area contributed by atoms with E-state index in [0.29, 0.717) is 22.5 Å². The molecule has 3 aromatic rings. The van der Waals surface area contributed by atoms with Gasteiger partial charge in [-0.3, -0.25) is 32.2 Å². The smallest absolute Gasteiger partial charge is 0.149 e. The molecule has 0 radical (unpaired) electrons. The van der Waals surface area contributed by atoms with Crippen molar-refractivity contribution in [2.24, 2.45) is 0 Å². The van der Waals surface area contributed by atoms with Gasteiger partial charge in [-0.05, 0) is 18.2 Å². The maximum absolute atomic E-state index is 8.83. The van der Waals surface area contributed by atoms with Gasteiger partial charge >= 0.3 is 0 Å². The van der Waals surface area contributed by atoms with Crippen LogP contribution in [0, 0.1) is 10.8 Å². The summed E-state index contributed by atoms with van der Waals surface area (Å²) in [7, 11) is 0. The van der Waals surface area contributed by atoms with E-state index in [0.717, 1.165) is 10.9 Å². The van der Waals surface area contributed by atoms with Gasteiger partial charge in [0.25, 0.3) is 0 Å². The summed E-state index contributed by atoms with van der Waals surface area (Å²) in [6, 6.07) is 14.0. The minimum Gasteiger partial charge on any atom is -0.456 e. The Balaban J connectivity index is 2.03. The van der Waals surface area contributed by atoms with Crippen LogP contribution in [0.3, 0.4) is 0 Å². The van der Waals surface area contributed by atoms with E-state index in [4.69, 9.17) is 25.7 Å². The van der Waals surface area contributed by atoms with Gasteiger partial charge in [0.2, 0.25) is 0 Å². The lowest BCUT2D eigenvalue weighted by atomic mass is 10.1. The molecule has 0 amide bonds. The van der Waals surface area contributed by atoms with Crippen LogP contribution in [0.1, 0.15) is 11.1 Å². The molecule has 0 aliphatic carbocycles. The molecule has 0 atom stereocenters. The third-order valence-corrected chi connectivity index (χ3v) is 3.47. The quantitative estimate of drug-likeness (QED) is 0.252. The number of amidine groups is 2. The van der Waals surface area contributed by atoms with Crippen molar-refractivity contribution in [3.8, 4) is 11.3 Å². The van der Waals surface area contributed by atoms with Crippen LogP contribution in [0.4, 0.5) is 0 Å². The molecule has 2 aromatic carbocycles. The zero-order valence-corrected chi connectivity index (χ0v) is 11.9. The molecule has 0 saturated heterocycles. The van der Waals surface area contributed by atoms with Crippen LogP contribution in [0.5, 0.6) is 0 Å². The Bertz CT molecular complexity index is 901. The van der Waals surface area contributed by atoms with Crippen molar-refractivity contribution in [3.63, 3.8) is 0 Å². The van der Waals surface area contributed by atoms with Crippen molar-refractivity contribution >= 4 is 22.6 Å². The molecule has 3 rings (SSSR count). The highest BCUT2D eigenvalue weighted by Gasteiger charge is 2.10. The highest BCUT2D eigenvalue weighted by atomic mass is 16.5. The zero-order valence-electron chi connectivity index (χ0n) is 11.9. The average Bonchev–Trinajstić information content (AvgIpc) is 3.03. The van der Waals surface area contributed by atoms with Gasteiger partial charge in [0.1, 0.15) is 23.0 Å². The number of furan rings is 1. The first-order chi connectivity index (χ1) is 11.1. The normalized spacial score (nSPS) is 10.5. The number of hydroxylamine groups is 2. The lowest BCUT2D eigenvalue weighted by Gasteiger charge is -2.03. The molecular weight excluding hydrogens is 296 g/mol. The number of hydrogen-bond donors (Lipinski definition) is 6. The summed E-state index contributed by atoms with van der Waals surface area (Å²) >= 11 is 0. The second-order valence-electron chi connectivity index (χ2n) is 4.92. The average molecular weight is 310 g/mol. The molecule has 0 saturated carbocycles. The number of hydrogen-bond acceptors (Lipinski definition) is 5. The van der Waals surface area contributed by atoms with Crippen molar-refractivity contribution in [1.82, 2.24) is 11.0 Å². The highest BCUT2D eigenvalue weighted by molar-refractivity contribution is 5.99. The number of fused-ring (bicyclic) bond motifs is 1. The fourth-order valence-corrected chi connectivity index (χ4v) is 2.29. The minimum absolute atomic E-state index is 0.104. The summed E-state index contributed by atoms with van der Waals surface area (Å²) in [6.07, 6.45) is 0. The van der Waals surface area contributed by atoms with Crippen LogP contribution < -0.4 is 11.0 Å². The van der Waals surface area contributed by atoms with Crippen LogP contribution in [0.25, 0.3) is 22.3 Å². The standard InChI is InChI=1S/C16H14N4O3/c17-15(19-21)11-3-1-2-9(6-11)13-7-10-4-5-12(16(18)20-22)8-14(10)23-13/h1-8,21-22H,(H2,17,19)(H2,18,20). The van der Waals surface area contributed by atoms with Gasteiger partial charge in [0.15, 0.2) is 0 Å². The number of benzene rings is 2. The molecule has 1 heterocycles. The van der Waals surface area contributed by atoms with Crippen molar-refractivity contribution in [3.05, 3.63) is 59.7 Å². The lowest BCUT2D eigenvalue weighted by molar-refractivity contribution is 0.234. The lowest BCUT2D eigenvalue weighted by Crippen LogP contribution is -2.18. The third kappa shape index (κ3) is 2.78. The molecule has 0 spiro atoms. The Morgan fingerprint density at radius 3 is 2.26 bits per heavy atom. The first kappa shape index (κ1) is 14.8. The van der Waals surface area contributed by atoms with Crippen LogP contribution in [0.15, 0.2) is 52.9 Å². The summed E-state index contributed by atoms with van der Waals surface area (Å²) in [5.41, 5.74) is 5.98. The molecule has 7 heteroatoms. The SMILES string of the molecule is N=C(NO)c1cccc(-c2cc3ccc(C(=N)NO)cc3o2)c1. The fraction of sp³-hybridized carbons (Fsp3) is 0. The van der Waals surface area contributed by atoms with E-state index in [1.165, 1.54) is 0 Å². The molecule has 1 aromatic heterocycles. The van der Waals surface area contributed by atoms with Crippen molar-refractivity contribution in [2.75, 3.05) is 0 Å². The first-order valence-corrected chi connectivity index (χ1v) is 6.74. The first-order valence-electron chi connectivity index (χ1n) is 6.74. The summed E-state index contributed by atoms with van der Waals surface area (Å²) in [4.78, 5) is 0. The highest BCUT2D eigenvalue weighted by Crippen LogP contribution is 2.29. The van der Waals surface area contributed by atoms with E-state index < -0.39 is 0 Å².